The molecule has 0 aliphatic rings. The lowest BCUT2D eigenvalue weighted by Gasteiger charge is -2.01. The van der Waals surface area contributed by atoms with Gasteiger partial charge in [0, 0.05) is 18.6 Å². The molecule has 0 heterocycles. The Morgan fingerprint density at radius 2 is 1.71 bits per heavy atom. The molecular formula is C13H17NO3. The van der Waals surface area contributed by atoms with E-state index in [1.165, 1.54) is 0 Å². The molecule has 92 valence electrons. The molecule has 0 amide bonds. The SMILES string of the molecule is O=CCCCCCCc1ccc([N+](=O)[O-])cc1. The number of rotatable bonds is 8. The lowest BCUT2D eigenvalue weighted by Crippen LogP contribution is -1.90. The minimum absolute atomic E-state index is 0.139. The number of unbranched alkanes of at least 4 members (excludes halogenated alkanes) is 4. The van der Waals surface area contributed by atoms with E-state index in [0.29, 0.717) is 6.42 Å². The monoisotopic (exact) mass is 235 g/mol. The van der Waals surface area contributed by atoms with E-state index in [1.807, 2.05) is 12.1 Å². The molecule has 0 atom stereocenters. The Morgan fingerprint density at radius 1 is 1.06 bits per heavy atom. The molecule has 0 unspecified atom stereocenters. The molecule has 0 N–H and O–H groups in total. The molecule has 0 spiro atoms. The number of nitro benzene ring substituents is 1. The van der Waals surface area contributed by atoms with E-state index < -0.39 is 0 Å². The first-order valence-corrected chi connectivity index (χ1v) is 5.91. The van der Waals surface area contributed by atoms with Crippen LogP contribution in [0, 0.1) is 10.1 Å². The molecular weight excluding hydrogens is 218 g/mol. The highest BCUT2D eigenvalue weighted by atomic mass is 16.6. The van der Waals surface area contributed by atoms with E-state index in [2.05, 4.69) is 0 Å². The summed E-state index contributed by atoms with van der Waals surface area (Å²) in [6.07, 6.45) is 6.75. The van der Waals surface area contributed by atoms with Crippen molar-refractivity contribution in [2.75, 3.05) is 0 Å². The van der Waals surface area contributed by atoms with Gasteiger partial charge in [-0.15, -0.1) is 0 Å². The van der Waals surface area contributed by atoms with E-state index in [4.69, 9.17) is 0 Å². The first-order chi connectivity index (χ1) is 8.24. The number of carbonyl (C=O) groups excluding carboxylic acids is 1. The zero-order chi connectivity index (χ0) is 12.5. The predicted octanol–water partition coefficient (Wildman–Crippen LogP) is 3.29. The molecule has 0 saturated heterocycles. The second kappa shape index (κ2) is 7.54. The number of benzene rings is 1. The Morgan fingerprint density at radius 3 is 2.29 bits per heavy atom. The van der Waals surface area contributed by atoms with Crippen LogP contribution < -0.4 is 0 Å². The van der Waals surface area contributed by atoms with Gasteiger partial charge in [0.2, 0.25) is 0 Å². The first-order valence-electron chi connectivity index (χ1n) is 5.91. The fourth-order valence-corrected chi connectivity index (χ4v) is 1.69. The summed E-state index contributed by atoms with van der Waals surface area (Å²) in [6.45, 7) is 0. The summed E-state index contributed by atoms with van der Waals surface area (Å²) in [4.78, 5) is 20.2. The molecule has 0 bridgehead atoms. The highest BCUT2D eigenvalue weighted by Gasteiger charge is 2.03. The molecule has 0 aliphatic heterocycles. The van der Waals surface area contributed by atoms with E-state index >= 15 is 0 Å². The first kappa shape index (κ1) is 13.4. The Hall–Kier alpha value is -1.71. The number of hydrogen-bond donors (Lipinski definition) is 0. The minimum atomic E-state index is -0.386. The van der Waals surface area contributed by atoms with Crippen LogP contribution in [0.5, 0.6) is 0 Å². The van der Waals surface area contributed by atoms with E-state index in [-0.39, 0.29) is 10.6 Å². The maximum Gasteiger partial charge on any atom is 0.269 e. The highest BCUT2D eigenvalue weighted by Crippen LogP contribution is 2.14. The molecule has 1 aromatic carbocycles. The zero-order valence-electron chi connectivity index (χ0n) is 9.80. The van der Waals surface area contributed by atoms with Crippen molar-refractivity contribution < 1.29 is 9.72 Å². The third kappa shape index (κ3) is 5.24. The lowest BCUT2D eigenvalue weighted by atomic mass is 10.1. The van der Waals surface area contributed by atoms with Crippen LogP contribution in [-0.4, -0.2) is 11.2 Å². The van der Waals surface area contributed by atoms with Crippen LogP contribution in [0.2, 0.25) is 0 Å². The molecule has 0 radical (unpaired) electrons. The summed E-state index contributed by atoms with van der Waals surface area (Å²) in [5, 5.41) is 10.5. The van der Waals surface area contributed by atoms with Crippen LogP contribution >= 0.6 is 0 Å². The lowest BCUT2D eigenvalue weighted by molar-refractivity contribution is -0.384. The maximum atomic E-state index is 10.5. The van der Waals surface area contributed by atoms with Gasteiger partial charge in [0.05, 0.1) is 4.92 Å². The van der Waals surface area contributed by atoms with Crippen LogP contribution in [0.3, 0.4) is 0 Å². The van der Waals surface area contributed by atoms with Gasteiger partial charge in [-0.1, -0.05) is 25.0 Å². The number of aryl methyl sites for hydroxylation is 1. The number of non-ortho nitro benzene ring substituents is 1. The molecule has 0 fully saturated rings. The van der Waals surface area contributed by atoms with Gasteiger partial charge in [-0.05, 0) is 24.8 Å². The third-order valence-corrected chi connectivity index (χ3v) is 2.68. The fraction of sp³-hybridized carbons (Fsp3) is 0.462. The quantitative estimate of drug-likeness (QED) is 0.300. The Balaban J connectivity index is 2.23. The summed E-state index contributed by atoms with van der Waals surface area (Å²) in [5.41, 5.74) is 1.27. The standard InChI is InChI=1S/C13H17NO3/c15-11-5-3-1-2-4-6-12-7-9-13(10-8-12)14(16)17/h7-11H,1-6H2. The largest absolute Gasteiger partial charge is 0.303 e. The van der Waals surface area contributed by atoms with Gasteiger partial charge in [-0.25, -0.2) is 0 Å². The number of nitro groups is 1. The predicted molar refractivity (Wildman–Crippen MR) is 65.9 cm³/mol. The smallest absolute Gasteiger partial charge is 0.269 e. The van der Waals surface area contributed by atoms with Gasteiger partial charge >= 0.3 is 0 Å². The maximum absolute atomic E-state index is 10.5. The number of nitrogens with zero attached hydrogens (tertiary/aromatic N) is 1. The fourth-order valence-electron chi connectivity index (χ4n) is 1.69. The normalized spacial score (nSPS) is 10.1. The van der Waals surface area contributed by atoms with Crippen molar-refractivity contribution in [1.29, 1.82) is 0 Å². The van der Waals surface area contributed by atoms with Crippen molar-refractivity contribution >= 4 is 12.0 Å². The molecule has 4 heteroatoms. The van der Waals surface area contributed by atoms with Gasteiger partial charge in [-0.2, -0.15) is 0 Å². The van der Waals surface area contributed by atoms with Crippen LogP contribution in [0.4, 0.5) is 5.69 Å². The third-order valence-electron chi connectivity index (χ3n) is 2.68. The molecule has 1 aromatic rings. The van der Waals surface area contributed by atoms with Gasteiger partial charge in [0.25, 0.3) is 5.69 Å². The molecule has 4 nitrogen and oxygen atoms in total. The van der Waals surface area contributed by atoms with Crippen molar-refractivity contribution in [2.45, 2.75) is 38.5 Å². The van der Waals surface area contributed by atoms with Crippen molar-refractivity contribution in [3.05, 3.63) is 39.9 Å². The molecule has 0 aliphatic carbocycles. The van der Waals surface area contributed by atoms with Gasteiger partial charge in [0.15, 0.2) is 0 Å². The summed E-state index contributed by atoms with van der Waals surface area (Å²) < 4.78 is 0. The molecule has 0 saturated carbocycles. The molecule has 1 rings (SSSR count). The number of carbonyl (C=O) groups is 1. The summed E-state index contributed by atoms with van der Waals surface area (Å²) in [5.74, 6) is 0. The van der Waals surface area contributed by atoms with E-state index in [9.17, 15) is 14.9 Å². The van der Waals surface area contributed by atoms with Crippen molar-refractivity contribution in [2.24, 2.45) is 0 Å². The van der Waals surface area contributed by atoms with Gasteiger partial charge in [0.1, 0.15) is 6.29 Å². The number of hydrogen-bond acceptors (Lipinski definition) is 3. The average Bonchev–Trinajstić information content (AvgIpc) is 2.34. The summed E-state index contributed by atoms with van der Waals surface area (Å²) in [7, 11) is 0. The van der Waals surface area contributed by atoms with Crippen LogP contribution in [0.15, 0.2) is 24.3 Å². The average molecular weight is 235 g/mol. The highest BCUT2D eigenvalue weighted by molar-refractivity contribution is 5.48. The van der Waals surface area contributed by atoms with Crippen LogP contribution in [0.1, 0.15) is 37.7 Å². The topological polar surface area (TPSA) is 60.2 Å². The Bertz CT molecular complexity index is 359. The summed E-state index contributed by atoms with van der Waals surface area (Å²) >= 11 is 0. The minimum Gasteiger partial charge on any atom is -0.303 e. The number of aldehydes is 1. The van der Waals surface area contributed by atoms with Gasteiger partial charge in [-0.3, -0.25) is 10.1 Å². The Labute approximate surface area is 101 Å². The van der Waals surface area contributed by atoms with E-state index in [0.717, 1.165) is 44.0 Å². The van der Waals surface area contributed by atoms with Crippen molar-refractivity contribution in [3.63, 3.8) is 0 Å². The van der Waals surface area contributed by atoms with Crippen molar-refractivity contribution in [3.8, 4) is 0 Å². The van der Waals surface area contributed by atoms with Gasteiger partial charge < -0.3 is 4.79 Å². The molecule has 17 heavy (non-hydrogen) atoms. The second-order valence-electron chi connectivity index (χ2n) is 4.04. The summed E-state index contributed by atoms with van der Waals surface area (Å²) in [6, 6.07) is 6.70. The molecule has 0 aromatic heterocycles. The van der Waals surface area contributed by atoms with Crippen LogP contribution in [0.25, 0.3) is 0 Å². The Kier molecular flexibility index (Phi) is 5.93. The van der Waals surface area contributed by atoms with Crippen molar-refractivity contribution in [1.82, 2.24) is 0 Å². The second-order valence-corrected chi connectivity index (χ2v) is 4.04. The zero-order valence-corrected chi connectivity index (χ0v) is 9.80. The van der Waals surface area contributed by atoms with E-state index in [1.54, 1.807) is 12.1 Å². The van der Waals surface area contributed by atoms with Crippen LogP contribution in [-0.2, 0) is 11.2 Å².